The Morgan fingerprint density at radius 3 is 3.07 bits per heavy atom. The van der Waals surface area contributed by atoms with E-state index in [1.54, 1.807) is 0 Å². The number of hydrogen-bond donors (Lipinski definition) is 1. The van der Waals surface area contributed by atoms with Crippen LogP contribution in [0, 0.1) is 0 Å². The van der Waals surface area contributed by atoms with Gasteiger partial charge in [-0.05, 0) is 37.1 Å². The summed E-state index contributed by atoms with van der Waals surface area (Å²) in [6.45, 7) is 2.55. The van der Waals surface area contributed by atoms with Gasteiger partial charge in [0, 0.05) is 16.1 Å². The van der Waals surface area contributed by atoms with Gasteiger partial charge in [-0.15, -0.1) is 0 Å². The highest BCUT2D eigenvalue weighted by Gasteiger charge is 2.18. The molecular formula is C11H12BrNO. The van der Waals surface area contributed by atoms with Crippen LogP contribution in [0.15, 0.2) is 22.7 Å². The number of carbonyl (C=O) groups is 1. The van der Waals surface area contributed by atoms with Crippen LogP contribution in [0.3, 0.4) is 0 Å². The predicted octanol–water partition coefficient (Wildman–Crippen LogP) is 2.17. The first-order valence-corrected chi connectivity index (χ1v) is 5.51. The van der Waals surface area contributed by atoms with E-state index in [0.29, 0.717) is 12.6 Å². The Hall–Kier alpha value is -0.670. The monoisotopic (exact) mass is 253 g/mol. The fourth-order valence-corrected chi connectivity index (χ4v) is 2.18. The first kappa shape index (κ1) is 9.87. The van der Waals surface area contributed by atoms with E-state index in [1.807, 2.05) is 18.2 Å². The molecule has 14 heavy (non-hydrogen) atoms. The highest BCUT2D eigenvalue weighted by molar-refractivity contribution is 9.10. The quantitative estimate of drug-likeness (QED) is 0.768. The van der Waals surface area contributed by atoms with E-state index in [2.05, 4.69) is 28.2 Å². The van der Waals surface area contributed by atoms with Gasteiger partial charge in [-0.1, -0.05) is 15.9 Å². The maximum atomic E-state index is 11.7. The topological polar surface area (TPSA) is 29.1 Å². The van der Waals surface area contributed by atoms with E-state index in [9.17, 15) is 4.79 Å². The van der Waals surface area contributed by atoms with Crippen LogP contribution >= 0.6 is 15.9 Å². The third-order valence-electron chi connectivity index (χ3n) is 2.50. The third-order valence-corrected chi connectivity index (χ3v) is 3.00. The Bertz CT molecular complexity index is 376. The molecule has 1 heterocycles. The molecule has 0 amide bonds. The van der Waals surface area contributed by atoms with Crippen LogP contribution in [0.2, 0.25) is 0 Å². The molecule has 0 saturated carbocycles. The van der Waals surface area contributed by atoms with Crippen LogP contribution < -0.4 is 5.32 Å². The van der Waals surface area contributed by atoms with Crippen molar-refractivity contribution in [3.05, 3.63) is 33.8 Å². The average Bonchev–Trinajstić information content (AvgIpc) is 2.26. The molecule has 3 heteroatoms. The molecule has 0 radical (unpaired) electrons. The van der Waals surface area contributed by atoms with Gasteiger partial charge in [0.25, 0.3) is 0 Å². The lowest BCUT2D eigenvalue weighted by Crippen LogP contribution is -2.29. The van der Waals surface area contributed by atoms with Gasteiger partial charge >= 0.3 is 0 Å². The van der Waals surface area contributed by atoms with Crippen LogP contribution in [-0.2, 0) is 6.42 Å². The summed E-state index contributed by atoms with van der Waals surface area (Å²) in [5.41, 5.74) is 2.01. The van der Waals surface area contributed by atoms with Crippen LogP contribution in [0.4, 0.5) is 0 Å². The minimum atomic E-state index is 0.192. The molecule has 1 aliphatic heterocycles. The minimum absolute atomic E-state index is 0.192. The fraction of sp³-hybridized carbons (Fsp3) is 0.364. The van der Waals surface area contributed by atoms with Crippen LogP contribution in [0.25, 0.3) is 0 Å². The Morgan fingerprint density at radius 1 is 1.50 bits per heavy atom. The molecule has 0 aromatic heterocycles. The Kier molecular flexibility index (Phi) is 2.70. The largest absolute Gasteiger partial charge is 0.307 e. The smallest absolute Gasteiger partial charge is 0.176 e. The van der Waals surface area contributed by atoms with E-state index >= 15 is 0 Å². The Labute approximate surface area is 91.8 Å². The number of rotatable bonds is 0. The number of benzene rings is 1. The van der Waals surface area contributed by atoms with Gasteiger partial charge in [0.2, 0.25) is 0 Å². The lowest BCUT2D eigenvalue weighted by molar-refractivity contribution is 0.0991. The second kappa shape index (κ2) is 3.83. The highest BCUT2D eigenvalue weighted by atomic mass is 79.9. The summed E-state index contributed by atoms with van der Waals surface area (Å²) in [5.74, 6) is 0.192. The molecule has 0 aliphatic carbocycles. The van der Waals surface area contributed by atoms with Crippen molar-refractivity contribution < 1.29 is 4.79 Å². The van der Waals surface area contributed by atoms with E-state index in [0.717, 1.165) is 22.0 Å². The van der Waals surface area contributed by atoms with Crippen molar-refractivity contribution in [3.63, 3.8) is 0 Å². The Balaban J connectivity index is 2.47. The van der Waals surface area contributed by atoms with Crippen molar-refractivity contribution >= 4 is 21.7 Å². The van der Waals surface area contributed by atoms with Crippen molar-refractivity contribution in [2.24, 2.45) is 0 Å². The summed E-state index contributed by atoms with van der Waals surface area (Å²) in [4.78, 5) is 11.7. The van der Waals surface area contributed by atoms with Gasteiger partial charge in [0.05, 0.1) is 6.54 Å². The molecule has 1 atom stereocenters. The maximum absolute atomic E-state index is 11.7. The normalized spacial score (nSPS) is 21.6. The van der Waals surface area contributed by atoms with Crippen molar-refractivity contribution in [1.29, 1.82) is 0 Å². The van der Waals surface area contributed by atoms with Crippen molar-refractivity contribution in [3.8, 4) is 0 Å². The standard InChI is InChI=1S/C11H12BrNO/c1-7-4-8-5-9(12)2-3-10(8)11(14)6-13-7/h2-3,5,7,13H,4,6H2,1H3. The van der Waals surface area contributed by atoms with E-state index in [-0.39, 0.29) is 5.78 Å². The highest BCUT2D eigenvalue weighted by Crippen LogP contribution is 2.20. The van der Waals surface area contributed by atoms with Crippen molar-refractivity contribution in [2.75, 3.05) is 6.54 Å². The molecule has 1 aliphatic rings. The Morgan fingerprint density at radius 2 is 2.29 bits per heavy atom. The zero-order chi connectivity index (χ0) is 10.1. The zero-order valence-corrected chi connectivity index (χ0v) is 9.60. The second-order valence-corrected chi connectivity index (χ2v) is 4.63. The maximum Gasteiger partial charge on any atom is 0.176 e. The SMILES string of the molecule is CC1Cc2cc(Br)ccc2C(=O)CN1. The van der Waals surface area contributed by atoms with E-state index in [1.165, 1.54) is 0 Å². The molecule has 0 spiro atoms. The second-order valence-electron chi connectivity index (χ2n) is 3.71. The summed E-state index contributed by atoms with van der Waals surface area (Å²) in [6.07, 6.45) is 0.917. The zero-order valence-electron chi connectivity index (χ0n) is 8.01. The average molecular weight is 254 g/mol. The van der Waals surface area contributed by atoms with Gasteiger partial charge in [-0.2, -0.15) is 0 Å². The summed E-state index contributed by atoms with van der Waals surface area (Å²) >= 11 is 3.42. The van der Waals surface area contributed by atoms with E-state index < -0.39 is 0 Å². The third kappa shape index (κ3) is 1.88. The number of carbonyl (C=O) groups excluding carboxylic acids is 1. The molecule has 2 nitrogen and oxygen atoms in total. The molecule has 1 aromatic rings. The molecule has 1 aromatic carbocycles. The van der Waals surface area contributed by atoms with Crippen molar-refractivity contribution in [2.45, 2.75) is 19.4 Å². The number of hydrogen-bond acceptors (Lipinski definition) is 2. The van der Waals surface area contributed by atoms with E-state index in [4.69, 9.17) is 0 Å². The molecule has 0 bridgehead atoms. The van der Waals surface area contributed by atoms with Gasteiger partial charge < -0.3 is 5.32 Å². The summed E-state index contributed by atoms with van der Waals surface area (Å²) in [7, 11) is 0. The predicted molar refractivity (Wildman–Crippen MR) is 59.6 cm³/mol. The fourth-order valence-electron chi connectivity index (χ4n) is 1.77. The molecular weight excluding hydrogens is 242 g/mol. The van der Waals surface area contributed by atoms with Gasteiger partial charge in [-0.25, -0.2) is 0 Å². The summed E-state index contributed by atoms with van der Waals surface area (Å²) in [5, 5.41) is 3.20. The minimum Gasteiger partial charge on any atom is -0.307 e. The molecule has 74 valence electrons. The number of Topliss-reactive ketones (excluding diaryl/α,β-unsaturated/α-hetero) is 1. The van der Waals surface area contributed by atoms with Crippen LogP contribution in [0.5, 0.6) is 0 Å². The van der Waals surface area contributed by atoms with Gasteiger partial charge in [-0.3, -0.25) is 4.79 Å². The first-order chi connectivity index (χ1) is 6.66. The van der Waals surface area contributed by atoms with Crippen molar-refractivity contribution in [1.82, 2.24) is 5.32 Å². The molecule has 0 saturated heterocycles. The van der Waals surface area contributed by atoms with Gasteiger partial charge in [0.15, 0.2) is 5.78 Å². The van der Waals surface area contributed by atoms with Crippen LogP contribution in [-0.4, -0.2) is 18.4 Å². The number of ketones is 1. The number of nitrogens with one attached hydrogen (secondary N) is 1. The number of halogens is 1. The molecule has 1 unspecified atom stereocenters. The molecule has 1 N–H and O–H groups in total. The molecule has 0 fully saturated rings. The lowest BCUT2D eigenvalue weighted by Gasteiger charge is -2.08. The lowest BCUT2D eigenvalue weighted by atomic mass is 10.0. The van der Waals surface area contributed by atoms with Crippen LogP contribution in [0.1, 0.15) is 22.8 Å². The molecule has 2 rings (SSSR count). The summed E-state index contributed by atoms with van der Waals surface area (Å²) in [6, 6.07) is 6.24. The number of fused-ring (bicyclic) bond motifs is 1. The van der Waals surface area contributed by atoms with Gasteiger partial charge in [0.1, 0.15) is 0 Å². The first-order valence-electron chi connectivity index (χ1n) is 4.72. The summed E-state index contributed by atoms with van der Waals surface area (Å²) < 4.78 is 1.04.